The molecule has 2 atom stereocenters. The van der Waals surface area contributed by atoms with Crippen LogP contribution in [0.5, 0.6) is 0 Å². The summed E-state index contributed by atoms with van der Waals surface area (Å²) in [5.74, 6) is 0.593. The molecule has 1 aliphatic heterocycles. The SMILES string of the molecule is CC1CNCCC1(NC1CC1)c1nc(C(C)(C)C)cs1. The Morgan fingerprint density at radius 1 is 1.40 bits per heavy atom. The third kappa shape index (κ3) is 2.66. The number of hydrogen-bond donors (Lipinski definition) is 2. The van der Waals surface area contributed by atoms with Crippen molar-refractivity contribution in [2.45, 2.75) is 64.0 Å². The van der Waals surface area contributed by atoms with Gasteiger partial charge in [-0.3, -0.25) is 0 Å². The first-order valence-electron chi connectivity index (χ1n) is 7.87. The van der Waals surface area contributed by atoms with E-state index in [9.17, 15) is 0 Å². The van der Waals surface area contributed by atoms with Gasteiger partial charge >= 0.3 is 0 Å². The smallest absolute Gasteiger partial charge is 0.113 e. The van der Waals surface area contributed by atoms with Crippen LogP contribution in [-0.2, 0) is 11.0 Å². The third-order valence-electron chi connectivity index (χ3n) is 4.68. The molecule has 3 rings (SSSR count). The summed E-state index contributed by atoms with van der Waals surface area (Å²) in [6, 6.07) is 0.720. The van der Waals surface area contributed by atoms with Gasteiger partial charge < -0.3 is 10.6 Å². The molecule has 20 heavy (non-hydrogen) atoms. The molecule has 0 amide bonds. The van der Waals surface area contributed by atoms with Gasteiger partial charge in [-0.25, -0.2) is 4.98 Å². The Hall–Kier alpha value is -0.450. The molecule has 2 N–H and O–H groups in total. The molecule has 2 unspecified atom stereocenters. The molecule has 0 bridgehead atoms. The van der Waals surface area contributed by atoms with E-state index in [4.69, 9.17) is 4.98 Å². The zero-order chi connectivity index (χ0) is 14.4. The molecule has 1 aromatic rings. The molecule has 2 fully saturated rings. The fourth-order valence-corrected chi connectivity index (χ4v) is 4.39. The first-order chi connectivity index (χ1) is 9.42. The summed E-state index contributed by atoms with van der Waals surface area (Å²) in [7, 11) is 0. The van der Waals surface area contributed by atoms with E-state index in [0.717, 1.165) is 25.6 Å². The predicted octanol–water partition coefficient (Wildman–Crippen LogP) is 3.02. The molecule has 112 valence electrons. The monoisotopic (exact) mass is 293 g/mol. The number of piperidine rings is 1. The number of nitrogens with one attached hydrogen (secondary N) is 2. The van der Waals surface area contributed by atoms with Gasteiger partial charge in [0.2, 0.25) is 0 Å². The summed E-state index contributed by atoms with van der Waals surface area (Å²) in [5, 5.41) is 11.0. The molecule has 3 nitrogen and oxygen atoms in total. The van der Waals surface area contributed by atoms with Gasteiger partial charge in [0, 0.05) is 16.8 Å². The lowest BCUT2D eigenvalue weighted by atomic mass is 9.79. The average Bonchev–Trinajstić information content (AvgIpc) is 3.03. The lowest BCUT2D eigenvalue weighted by Crippen LogP contribution is -2.56. The molecule has 1 saturated heterocycles. The number of thiazole rings is 1. The fraction of sp³-hybridized carbons (Fsp3) is 0.812. The van der Waals surface area contributed by atoms with E-state index in [1.165, 1.54) is 23.5 Å². The van der Waals surface area contributed by atoms with Crippen LogP contribution in [0.3, 0.4) is 0 Å². The highest BCUT2D eigenvalue weighted by Gasteiger charge is 2.45. The van der Waals surface area contributed by atoms with Crippen molar-refractivity contribution in [2.75, 3.05) is 13.1 Å². The molecule has 1 aliphatic carbocycles. The summed E-state index contributed by atoms with van der Waals surface area (Å²) in [6.45, 7) is 11.3. The van der Waals surface area contributed by atoms with Crippen molar-refractivity contribution in [3.05, 3.63) is 16.1 Å². The second-order valence-electron chi connectivity index (χ2n) is 7.53. The first-order valence-corrected chi connectivity index (χ1v) is 8.75. The van der Waals surface area contributed by atoms with Gasteiger partial charge in [-0.15, -0.1) is 11.3 Å². The van der Waals surface area contributed by atoms with E-state index in [1.807, 2.05) is 11.3 Å². The summed E-state index contributed by atoms with van der Waals surface area (Å²) in [5.41, 5.74) is 1.48. The standard InChI is InChI=1S/C16H27N3S/c1-11-9-17-8-7-16(11,19-12-5-6-12)14-18-13(10-20-14)15(2,3)4/h10-12,17,19H,5-9H2,1-4H3. The summed E-state index contributed by atoms with van der Waals surface area (Å²) < 4.78 is 0. The Morgan fingerprint density at radius 2 is 2.15 bits per heavy atom. The van der Waals surface area contributed by atoms with E-state index < -0.39 is 0 Å². The number of rotatable bonds is 3. The van der Waals surface area contributed by atoms with Crippen LogP contribution in [-0.4, -0.2) is 24.1 Å². The quantitative estimate of drug-likeness (QED) is 0.899. The van der Waals surface area contributed by atoms with Crippen LogP contribution in [0.1, 0.15) is 57.7 Å². The van der Waals surface area contributed by atoms with Gasteiger partial charge in [-0.05, 0) is 38.3 Å². The van der Waals surface area contributed by atoms with Crippen molar-refractivity contribution in [3.8, 4) is 0 Å². The number of hydrogen-bond acceptors (Lipinski definition) is 4. The first kappa shape index (κ1) is 14.5. The van der Waals surface area contributed by atoms with Crippen LogP contribution in [0.25, 0.3) is 0 Å². The molecular formula is C16H27N3S. The van der Waals surface area contributed by atoms with E-state index in [-0.39, 0.29) is 11.0 Å². The largest absolute Gasteiger partial charge is 0.316 e. The molecule has 0 radical (unpaired) electrons. The predicted molar refractivity (Wildman–Crippen MR) is 85.3 cm³/mol. The second-order valence-corrected chi connectivity index (χ2v) is 8.39. The lowest BCUT2D eigenvalue weighted by Gasteiger charge is -2.42. The van der Waals surface area contributed by atoms with Crippen LogP contribution in [0.4, 0.5) is 0 Å². The zero-order valence-corrected chi connectivity index (χ0v) is 13.9. The van der Waals surface area contributed by atoms with Crippen molar-refractivity contribution in [3.63, 3.8) is 0 Å². The Bertz CT molecular complexity index is 472. The van der Waals surface area contributed by atoms with Crippen molar-refractivity contribution < 1.29 is 0 Å². The van der Waals surface area contributed by atoms with Gasteiger partial charge in [0.05, 0.1) is 11.2 Å². The fourth-order valence-electron chi connectivity index (χ4n) is 3.03. The normalized spacial score (nSPS) is 31.5. The molecule has 2 heterocycles. The average molecular weight is 293 g/mol. The van der Waals surface area contributed by atoms with Crippen LogP contribution in [0, 0.1) is 5.92 Å². The molecule has 1 aromatic heterocycles. The number of nitrogens with zero attached hydrogens (tertiary/aromatic N) is 1. The van der Waals surface area contributed by atoms with Gasteiger partial charge in [0.25, 0.3) is 0 Å². The summed E-state index contributed by atoms with van der Waals surface area (Å²) >= 11 is 1.85. The highest BCUT2D eigenvalue weighted by Crippen LogP contribution is 2.41. The van der Waals surface area contributed by atoms with Crippen LogP contribution >= 0.6 is 11.3 Å². The van der Waals surface area contributed by atoms with E-state index in [2.05, 4.69) is 43.7 Å². The molecule has 1 saturated carbocycles. The van der Waals surface area contributed by atoms with E-state index in [1.54, 1.807) is 0 Å². The minimum atomic E-state index is 0.0978. The molecule has 0 spiro atoms. The van der Waals surface area contributed by atoms with E-state index >= 15 is 0 Å². The van der Waals surface area contributed by atoms with Crippen LogP contribution in [0.2, 0.25) is 0 Å². The van der Waals surface area contributed by atoms with Crippen molar-refractivity contribution in [1.29, 1.82) is 0 Å². The molecule has 4 heteroatoms. The van der Waals surface area contributed by atoms with Gasteiger partial charge in [-0.1, -0.05) is 27.7 Å². The topological polar surface area (TPSA) is 37.0 Å². The van der Waals surface area contributed by atoms with Gasteiger partial charge in [-0.2, -0.15) is 0 Å². The summed E-state index contributed by atoms with van der Waals surface area (Å²) in [4.78, 5) is 5.04. The van der Waals surface area contributed by atoms with Crippen molar-refractivity contribution in [1.82, 2.24) is 15.6 Å². The zero-order valence-electron chi connectivity index (χ0n) is 13.1. The Kier molecular flexibility index (Phi) is 3.68. The van der Waals surface area contributed by atoms with Crippen molar-refractivity contribution in [2.24, 2.45) is 5.92 Å². The maximum absolute atomic E-state index is 5.04. The highest BCUT2D eigenvalue weighted by atomic mass is 32.1. The minimum absolute atomic E-state index is 0.0978. The van der Waals surface area contributed by atoms with Crippen LogP contribution in [0.15, 0.2) is 5.38 Å². The highest BCUT2D eigenvalue weighted by molar-refractivity contribution is 7.09. The van der Waals surface area contributed by atoms with Gasteiger partial charge in [0.15, 0.2) is 0 Å². The minimum Gasteiger partial charge on any atom is -0.316 e. The number of aromatic nitrogens is 1. The Balaban J connectivity index is 1.93. The molecule has 0 aromatic carbocycles. The summed E-state index contributed by atoms with van der Waals surface area (Å²) in [6.07, 6.45) is 3.82. The Labute approximate surface area is 126 Å². The second kappa shape index (κ2) is 5.08. The molecular weight excluding hydrogens is 266 g/mol. The van der Waals surface area contributed by atoms with Gasteiger partial charge in [0.1, 0.15) is 5.01 Å². The molecule has 2 aliphatic rings. The lowest BCUT2D eigenvalue weighted by molar-refractivity contribution is 0.164. The Morgan fingerprint density at radius 3 is 2.70 bits per heavy atom. The maximum Gasteiger partial charge on any atom is 0.113 e. The van der Waals surface area contributed by atoms with E-state index in [0.29, 0.717) is 5.92 Å². The third-order valence-corrected chi connectivity index (χ3v) is 5.70. The van der Waals surface area contributed by atoms with Crippen LogP contribution < -0.4 is 10.6 Å². The van der Waals surface area contributed by atoms with Crippen molar-refractivity contribution >= 4 is 11.3 Å². The maximum atomic E-state index is 5.04.